The Hall–Kier alpha value is -2.63. The van der Waals surface area contributed by atoms with Crippen molar-refractivity contribution < 1.29 is 9.59 Å². The summed E-state index contributed by atoms with van der Waals surface area (Å²) in [6, 6.07) is 9.23. The molecule has 0 saturated carbocycles. The van der Waals surface area contributed by atoms with Crippen LogP contribution in [0.4, 0.5) is 0 Å². The summed E-state index contributed by atoms with van der Waals surface area (Å²) < 4.78 is 1.72. The van der Waals surface area contributed by atoms with E-state index in [1.165, 1.54) is 0 Å². The number of carbonyl (C=O) groups is 2. The molecule has 126 valence electrons. The Balaban J connectivity index is 1.66. The number of amides is 2. The third-order valence-electron chi connectivity index (χ3n) is 4.40. The molecule has 1 fully saturated rings. The van der Waals surface area contributed by atoms with Crippen molar-refractivity contribution in [3.8, 4) is 0 Å². The van der Waals surface area contributed by atoms with E-state index in [1.807, 2.05) is 42.2 Å². The summed E-state index contributed by atoms with van der Waals surface area (Å²) in [6.45, 7) is 3.09. The fourth-order valence-electron chi connectivity index (χ4n) is 3.17. The number of hydrogen-bond donors (Lipinski definition) is 1. The second kappa shape index (κ2) is 6.86. The van der Waals surface area contributed by atoms with Crippen molar-refractivity contribution in [1.82, 2.24) is 19.8 Å². The summed E-state index contributed by atoms with van der Waals surface area (Å²) in [5.41, 5.74) is 1.97. The molecule has 1 N–H and O–H groups in total. The predicted molar refractivity (Wildman–Crippen MR) is 90.8 cm³/mol. The van der Waals surface area contributed by atoms with Crippen LogP contribution in [0.25, 0.3) is 0 Å². The molecule has 1 aromatic heterocycles. The molecule has 1 atom stereocenters. The van der Waals surface area contributed by atoms with Gasteiger partial charge < -0.3 is 14.8 Å². The van der Waals surface area contributed by atoms with Crippen molar-refractivity contribution in [3.05, 3.63) is 53.6 Å². The van der Waals surface area contributed by atoms with Gasteiger partial charge in [0, 0.05) is 31.7 Å². The largest absolute Gasteiger partial charge is 0.346 e. The molecule has 6 heteroatoms. The van der Waals surface area contributed by atoms with Gasteiger partial charge in [-0.15, -0.1) is 0 Å². The highest BCUT2D eigenvalue weighted by Gasteiger charge is 2.26. The Bertz CT molecular complexity index is 719. The molecular weight excluding hydrogens is 304 g/mol. The van der Waals surface area contributed by atoms with Gasteiger partial charge in [0.05, 0.1) is 12.0 Å². The Morgan fingerprint density at radius 1 is 1.25 bits per heavy atom. The SMILES string of the molecule is Cc1ncn(C)c1C(=O)N[C@H]1CCCN(C(=O)c2ccccc2)C1. The van der Waals surface area contributed by atoms with Crippen LogP contribution in [-0.4, -0.2) is 45.4 Å². The standard InChI is InChI=1S/C18H22N4O2/c1-13-16(21(2)12-19-13)17(23)20-15-9-6-10-22(11-15)18(24)14-7-4-3-5-8-14/h3-5,7-8,12,15H,6,9-11H2,1-2H3,(H,20,23)/t15-/m0/s1. The molecule has 2 amide bonds. The quantitative estimate of drug-likeness (QED) is 0.934. The maximum absolute atomic E-state index is 12.6. The van der Waals surface area contributed by atoms with Crippen LogP contribution in [0, 0.1) is 6.92 Å². The lowest BCUT2D eigenvalue weighted by Crippen LogP contribution is -2.49. The smallest absolute Gasteiger partial charge is 0.270 e. The number of aryl methyl sites for hydroxylation is 2. The van der Waals surface area contributed by atoms with Crippen LogP contribution in [0.2, 0.25) is 0 Å². The monoisotopic (exact) mass is 326 g/mol. The molecule has 0 unspecified atom stereocenters. The number of rotatable bonds is 3. The maximum atomic E-state index is 12.6. The first-order chi connectivity index (χ1) is 11.6. The van der Waals surface area contributed by atoms with E-state index in [0.717, 1.165) is 19.4 Å². The van der Waals surface area contributed by atoms with E-state index < -0.39 is 0 Å². The number of imidazole rings is 1. The second-order valence-electron chi connectivity index (χ2n) is 6.22. The average Bonchev–Trinajstić information content (AvgIpc) is 2.94. The van der Waals surface area contributed by atoms with Gasteiger partial charge in [-0.3, -0.25) is 9.59 Å². The first-order valence-electron chi connectivity index (χ1n) is 8.19. The van der Waals surface area contributed by atoms with Crippen molar-refractivity contribution in [3.63, 3.8) is 0 Å². The highest BCUT2D eigenvalue weighted by Crippen LogP contribution is 2.15. The molecule has 1 aliphatic rings. The fourth-order valence-corrected chi connectivity index (χ4v) is 3.17. The second-order valence-corrected chi connectivity index (χ2v) is 6.22. The summed E-state index contributed by atoms with van der Waals surface area (Å²) in [5, 5.41) is 3.05. The van der Waals surface area contributed by atoms with Crippen LogP contribution in [0.15, 0.2) is 36.7 Å². The van der Waals surface area contributed by atoms with E-state index in [4.69, 9.17) is 0 Å². The number of carbonyl (C=O) groups excluding carboxylic acids is 2. The third-order valence-corrected chi connectivity index (χ3v) is 4.40. The lowest BCUT2D eigenvalue weighted by Gasteiger charge is -2.33. The van der Waals surface area contributed by atoms with E-state index in [-0.39, 0.29) is 17.9 Å². The van der Waals surface area contributed by atoms with E-state index in [0.29, 0.717) is 23.5 Å². The Morgan fingerprint density at radius 3 is 2.67 bits per heavy atom. The maximum Gasteiger partial charge on any atom is 0.270 e. The van der Waals surface area contributed by atoms with E-state index >= 15 is 0 Å². The highest BCUT2D eigenvalue weighted by atomic mass is 16.2. The molecule has 24 heavy (non-hydrogen) atoms. The van der Waals surface area contributed by atoms with Crippen LogP contribution < -0.4 is 5.32 Å². The van der Waals surface area contributed by atoms with Crippen LogP contribution in [-0.2, 0) is 7.05 Å². The summed E-state index contributed by atoms with van der Waals surface area (Å²) in [5.74, 6) is -0.113. The minimum Gasteiger partial charge on any atom is -0.346 e. The molecule has 1 saturated heterocycles. The van der Waals surface area contributed by atoms with Gasteiger partial charge in [0.2, 0.25) is 0 Å². The Kier molecular flexibility index (Phi) is 4.64. The highest BCUT2D eigenvalue weighted by molar-refractivity contribution is 5.95. The molecule has 1 aliphatic heterocycles. The molecule has 2 heterocycles. The number of piperidine rings is 1. The van der Waals surface area contributed by atoms with Gasteiger partial charge in [0.1, 0.15) is 5.69 Å². The van der Waals surface area contributed by atoms with Crippen molar-refractivity contribution in [2.24, 2.45) is 7.05 Å². The topological polar surface area (TPSA) is 67.2 Å². The molecule has 1 aromatic carbocycles. The molecule has 0 radical (unpaired) electrons. The molecule has 6 nitrogen and oxygen atoms in total. The van der Waals surface area contributed by atoms with Gasteiger partial charge in [0.25, 0.3) is 11.8 Å². The minimum atomic E-state index is -0.133. The van der Waals surface area contributed by atoms with Gasteiger partial charge >= 0.3 is 0 Å². The zero-order valence-corrected chi connectivity index (χ0v) is 14.0. The Morgan fingerprint density at radius 2 is 2.00 bits per heavy atom. The molecule has 0 spiro atoms. The van der Waals surface area contributed by atoms with Crippen molar-refractivity contribution >= 4 is 11.8 Å². The van der Waals surface area contributed by atoms with E-state index in [9.17, 15) is 9.59 Å². The van der Waals surface area contributed by atoms with Gasteiger partial charge in [0.15, 0.2) is 0 Å². The van der Waals surface area contributed by atoms with Crippen LogP contribution in [0.5, 0.6) is 0 Å². The molecular formula is C18H22N4O2. The number of hydrogen-bond acceptors (Lipinski definition) is 3. The summed E-state index contributed by atoms with van der Waals surface area (Å²) in [7, 11) is 1.81. The minimum absolute atomic E-state index is 0.0197. The average molecular weight is 326 g/mol. The van der Waals surface area contributed by atoms with Gasteiger partial charge in [-0.05, 0) is 31.9 Å². The fraction of sp³-hybridized carbons (Fsp3) is 0.389. The number of nitrogens with one attached hydrogen (secondary N) is 1. The zero-order chi connectivity index (χ0) is 17.1. The molecule has 2 aromatic rings. The molecule has 0 bridgehead atoms. The predicted octanol–water partition coefficient (Wildman–Crippen LogP) is 1.76. The normalized spacial score (nSPS) is 17.6. The van der Waals surface area contributed by atoms with Crippen LogP contribution >= 0.6 is 0 Å². The number of likely N-dealkylation sites (tertiary alicyclic amines) is 1. The summed E-state index contributed by atoms with van der Waals surface area (Å²) in [6.07, 6.45) is 3.39. The summed E-state index contributed by atoms with van der Waals surface area (Å²) >= 11 is 0. The van der Waals surface area contributed by atoms with Gasteiger partial charge in [-0.25, -0.2) is 4.98 Å². The Labute approximate surface area is 141 Å². The lowest BCUT2D eigenvalue weighted by atomic mass is 10.0. The van der Waals surface area contributed by atoms with Crippen LogP contribution in [0.3, 0.4) is 0 Å². The van der Waals surface area contributed by atoms with E-state index in [2.05, 4.69) is 10.3 Å². The number of aromatic nitrogens is 2. The number of nitrogens with zero attached hydrogens (tertiary/aromatic N) is 3. The first kappa shape index (κ1) is 16.2. The summed E-state index contributed by atoms with van der Waals surface area (Å²) in [4.78, 5) is 31.0. The lowest BCUT2D eigenvalue weighted by molar-refractivity contribution is 0.0674. The van der Waals surface area contributed by atoms with Gasteiger partial charge in [-0.2, -0.15) is 0 Å². The molecule has 0 aliphatic carbocycles. The molecule has 3 rings (SSSR count). The van der Waals surface area contributed by atoms with Crippen molar-refractivity contribution in [2.75, 3.05) is 13.1 Å². The van der Waals surface area contributed by atoms with Crippen molar-refractivity contribution in [2.45, 2.75) is 25.8 Å². The van der Waals surface area contributed by atoms with Crippen molar-refractivity contribution in [1.29, 1.82) is 0 Å². The third kappa shape index (κ3) is 3.32. The number of benzene rings is 1. The van der Waals surface area contributed by atoms with Gasteiger partial charge in [-0.1, -0.05) is 18.2 Å². The van der Waals surface area contributed by atoms with Crippen LogP contribution in [0.1, 0.15) is 39.4 Å². The zero-order valence-electron chi connectivity index (χ0n) is 14.0. The first-order valence-corrected chi connectivity index (χ1v) is 8.19. The van der Waals surface area contributed by atoms with E-state index in [1.54, 1.807) is 17.9 Å².